The Kier molecular flexibility index (Phi) is 27.7. The molecule has 0 aromatic rings. The van der Waals surface area contributed by atoms with Crippen LogP contribution in [-0.2, 0) is 28.6 Å². The molecule has 19 atom stereocenters. The molecule has 2 bridgehead atoms. The van der Waals surface area contributed by atoms with Gasteiger partial charge in [-0.3, -0.25) is 15.0 Å². The third-order valence-electron chi connectivity index (χ3n) is 12.7. The number of cyclic esters (lactones) is 1. The molecule has 23 nitrogen and oxygen atoms in total. The number of nitrogens with two attached hydrogens (primary N) is 2. The van der Waals surface area contributed by atoms with Crippen LogP contribution in [0.3, 0.4) is 0 Å². The van der Waals surface area contributed by atoms with E-state index in [0.717, 1.165) is 0 Å². The summed E-state index contributed by atoms with van der Waals surface area (Å²) < 4.78 is 23.7. The number of urea groups is 1. The Morgan fingerprint density at radius 1 is 0.740 bits per heavy atom. The zero-order valence-corrected chi connectivity index (χ0v) is 42.0. The monoisotopic (exact) mass is 1040 g/mol. The van der Waals surface area contributed by atoms with Crippen LogP contribution in [0.25, 0.3) is 0 Å². The van der Waals surface area contributed by atoms with Crippen molar-refractivity contribution >= 4 is 18.0 Å². The second kappa shape index (κ2) is 32.1. The first-order valence-electron chi connectivity index (χ1n) is 24.7. The molecule has 0 radical (unpaired) electrons. The molecule has 3 rings (SSSR count). The number of esters is 1. The van der Waals surface area contributed by atoms with E-state index in [1.165, 1.54) is 0 Å². The number of hydroxylamine groups is 1. The van der Waals surface area contributed by atoms with Gasteiger partial charge in [0.25, 0.3) is 0 Å². The van der Waals surface area contributed by atoms with Crippen molar-refractivity contribution in [1.29, 1.82) is 5.41 Å². The molecule has 0 saturated carbocycles. The van der Waals surface area contributed by atoms with E-state index < -0.39 is 147 Å². The van der Waals surface area contributed by atoms with Gasteiger partial charge in [-0.05, 0) is 33.1 Å². The van der Waals surface area contributed by atoms with Crippen molar-refractivity contribution in [2.24, 2.45) is 23.3 Å². The Hall–Kier alpha value is -4.41. The zero-order chi connectivity index (χ0) is 54.3. The maximum absolute atomic E-state index is 13.1. The predicted octanol–water partition coefficient (Wildman–Crippen LogP) is -0.907. The summed E-state index contributed by atoms with van der Waals surface area (Å²) in [6.07, 6.45) is 3.87. The summed E-state index contributed by atoms with van der Waals surface area (Å²) >= 11 is 0. The fraction of sp³-hybridized carbons (Fsp3) is 0.660. The van der Waals surface area contributed by atoms with Crippen LogP contribution in [0.1, 0.15) is 79.1 Å². The molecule has 18 N–H and O–H groups in total. The third-order valence-corrected chi connectivity index (χ3v) is 12.7. The highest BCUT2D eigenvalue weighted by atomic mass is 16.7. The molecule has 2 saturated heterocycles. The number of aliphatic hydroxyl groups excluding tert-OH is 9. The summed E-state index contributed by atoms with van der Waals surface area (Å²) in [6.45, 7) is 6.71. The van der Waals surface area contributed by atoms with E-state index >= 15 is 0 Å². The molecule has 23 heteroatoms. The Morgan fingerprint density at radius 3 is 1.96 bits per heavy atom. The molecule has 0 aromatic carbocycles. The van der Waals surface area contributed by atoms with Crippen molar-refractivity contribution in [1.82, 2.24) is 16.1 Å². The number of hydrogen-bond acceptors (Lipinski definition) is 19. The van der Waals surface area contributed by atoms with E-state index in [9.17, 15) is 60.7 Å². The van der Waals surface area contributed by atoms with Gasteiger partial charge in [-0.25, -0.2) is 10.3 Å². The van der Waals surface area contributed by atoms with E-state index in [1.54, 1.807) is 87.6 Å². The molecule has 0 unspecified atom stereocenters. The van der Waals surface area contributed by atoms with Crippen LogP contribution in [-0.4, -0.2) is 186 Å². The molecule has 73 heavy (non-hydrogen) atoms. The Labute approximate surface area is 427 Å². The lowest BCUT2D eigenvalue weighted by atomic mass is 9.87. The summed E-state index contributed by atoms with van der Waals surface area (Å²) in [5.41, 5.74) is 13.5. The fourth-order valence-corrected chi connectivity index (χ4v) is 8.37. The number of carbonyl (C=O) groups is 2. The number of guanidine groups is 1. The van der Waals surface area contributed by atoms with Crippen molar-refractivity contribution in [3.63, 3.8) is 0 Å². The molecular formula is C50H82N6O17. The van der Waals surface area contributed by atoms with Crippen LogP contribution in [0.15, 0.2) is 85.1 Å². The topological polar surface area (TPSA) is 395 Å². The first kappa shape index (κ1) is 62.9. The van der Waals surface area contributed by atoms with E-state index in [4.69, 9.17) is 40.7 Å². The summed E-state index contributed by atoms with van der Waals surface area (Å²) in [4.78, 5) is 30.9. The lowest BCUT2D eigenvalue weighted by Gasteiger charge is -2.46. The second-order valence-electron chi connectivity index (χ2n) is 19.0. The second-order valence-corrected chi connectivity index (χ2v) is 19.0. The number of ether oxygens (including phenoxy) is 4. The first-order chi connectivity index (χ1) is 34.5. The highest BCUT2D eigenvalue weighted by Crippen LogP contribution is 2.35. The van der Waals surface area contributed by atoms with Crippen LogP contribution in [0.4, 0.5) is 4.79 Å². The first-order valence-corrected chi connectivity index (χ1v) is 24.7. The molecule has 3 aliphatic heterocycles. The van der Waals surface area contributed by atoms with Gasteiger partial charge < -0.3 is 92.1 Å². The van der Waals surface area contributed by atoms with Gasteiger partial charge in [0.15, 0.2) is 18.0 Å². The molecule has 2 fully saturated rings. The zero-order valence-electron chi connectivity index (χ0n) is 42.0. The number of hydrogen-bond donors (Lipinski definition) is 16. The highest BCUT2D eigenvalue weighted by molar-refractivity contribution is 5.74. The SMILES string of the molecule is C[C@@H]1[C@H](O)[C@@H](C)/C=C/C=C/C=C/C=C/C=C/C=C/C=C/[C@H](O[C@@H]2O[C@H](C)[C@@H](O)[C@H](N)[C@@H]2O)C[C@@H]2O[C@](O)(C[C@@H](O)C[C@@H](O)[C@H](O)CC[C@@H](O)C[C@@H](O)CC(=O)O[C@H]1C)C[C@H](O)[C@H]2NC(=O)NOCCNC(=N)N. The van der Waals surface area contributed by atoms with E-state index in [1.807, 2.05) is 25.2 Å². The molecule has 3 aliphatic rings. The Balaban J connectivity index is 1.92. The summed E-state index contributed by atoms with van der Waals surface area (Å²) in [7, 11) is 0. The molecular weight excluding hydrogens is 957 g/mol. The van der Waals surface area contributed by atoms with Crippen LogP contribution in [0.2, 0.25) is 0 Å². The van der Waals surface area contributed by atoms with E-state index in [-0.39, 0.29) is 50.7 Å². The number of fused-ring (bicyclic) bond motifs is 2. The summed E-state index contributed by atoms with van der Waals surface area (Å²) in [5.74, 6) is -4.12. The van der Waals surface area contributed by atoms with Crippen molar-refractivity contribution in [2.75, 3.05) is 13.2 Å². The number of carbonyl (C=O) groups excluding carboxylic acids is 2. The smallest absolute Gasteiger partial charge is 0.339 e. The average Bonchev–Trinajstić information content (AvgIpc) is 3.31. The summed E-state index contributed by atoms with van der Waals surface area (Å²) in [6, 6.07) is -3.38. The standard InChI is InChI=1S/C50H82N6O17/c1-29-17-15-13-11-9-7-5-6-8-10-12-14-16-18-36(72-47-46(66)42(51)45(65)32(4)71-47)26-40-43(55-49(67)56-69-22-21-54-48(52)53)39(62)28-50(68,73-40)27-35(59)24-38(61)37(60)20-19-33(57)23-34(58)25-41(63)70-31(3)30(2)44(29)64/h5-18,29-40,42-47,57-62,64-66,68H,19-28,51H2,1-4H3,(H4,52,53,54)(H2,55,56,67)/b6-5+,9-7+,10-8+,13-11+,14-12+,17-15+,18-16+/t29-,30-,31-,32+,33+,34+,35-,36-,37+,38+,39-,40-,42-,43+,44+,45+,46-,47-,50+/m0/s1. The number of allylic oxidation sites excluding steroid dienone is 12. The molecule has 2 amide bonds. The molecule has 0 aliphatic carbocycles. The van der Waals surface area contributed by atoms with Gasteiger partial charge in [0.05, 0.1) is 92.3 Å². The fourth-order valence-electron chi connectivity index (χ4n) is 8.37. The number of nitrogens with one attached hydrogen (secondary N) is 4. The Morgan fingerprint density at radius 2 is 1.34 bits per heavy atom. The van der Waals surface area contributed by atoms with Gasteiger partial charge in [-0.15, -0.1) is 0 Å². The third kappa shape index (κ3) is 22.9. The molecule has 3 heterocycles. The van der Waals surface area contributed by atoms with Gasteiger partial charge >= 0.3 is 12.0 Å². The lowest BCUT2D eigenvalue weighted by molar-refractivity contribution is -0.303. The normalized spacial score (nSPS) is 41.6. The maximum Gasteiger partial charge on any atom is 0.339 e. The average molecular weight is 1040 g/mol. The van der Waals surface area contributed by atoms with Crippen LogP contribution >= 0.6 is 0 Å². The van der Waals surface area contributed by atoms with Crippen LogP contribution in [0, 0.1) is 17.2 Å². The van der Waals surface area contributed by atoms with Gasteiger partial charge in [0.2, 0.25) is 0 Å². The predicted molar refractivity (Wildman–Crippen MR) is 267 cm³/mol. The summed E-state index contributed by atoms with van der Waals surface area (Å²) in [5, 5.41) is 122. The Bertz CT molecular complexity index is 1890. The minimum Gasteiger partial charge on any atom is -0.462 e. The van der Waals surface area contributed by atoms with Crippen LogP contribution in [0.5, 0.6) is 0 Å². The van der Waals surface area contributed by atoms with E-state index in [0.29, 0.717) is 0 Å². The van der Waals surface area contributed by atoms with Gasteiger partial charge in [-0.2, -0.15) is 0 Å². The quantitative estimate of drug-likeness (QED) is 0.0483. The highest BCUT2D eigenvalue weighted by Gasteiger charge is 2.49. The van der Waals surface area contributed by atoms with Crippen molar-refractivity contribution in [3.8, 4) is 0 Å². The minimum absolute atomic E-state index is 0.0699. The maximum atomic E-state index is 13.1. The lowest BCUT2D eigenvalue weighted by Crippen LogP contribution is -2.64. The minimum atomic E-state index is -2.31. The molecule has 0 aromatic heterocycles. The van der Waals surface area contributed by atoms with Crippen molar-refractivity contribution in [3.05, 3.63) is 85.1 Å². The van der Waals surface area contributed by atoms with Gasteiger partial charge in [0, 0.05) is 44.1 Å². The van der Waals surface area contributed by atoms with Crippen molar-refractivity contribution in [2.45, 2.75) is 183 Å². The van der Waals surface area contributed by atoms with Crippen LogP contribution < -0.4 is 27.6 Å². The van der Waals surface area contributed by atoms with Gasteiger partial charge in [0.1, 0.15) is 12.2 Å². The molecule has 0 spiro atoms. The number of aliphatic hydroxyl groups is 10. The van der Waals surface area contributed by atoms with Gasteiger partial charge in [-0.1, -0.05) is 98.9 Å². The molecule has 414 valence electrons. The van der Waals surface area contributed by atoms with E-state index in [2.05, 4.69) is 16.1 Å². The number of rotatable bonds is 7. The van der Waals surface area contributed by atoms with Crippen molar-refractivity contribution < 1.29 is 84.4 Å². The largest absolute Gasteiger partial charge is 0.462 e. The number of amides is 2.